The van der Waals surface area contributed by atoms with Crippen LogP contribution in [0.15, 0.2) is 54.6 Å². The summed E-state index contributed by atoms with van der Waals surface area (Å²) in [4.78, 5) is 30.2. The minimum absolute atomic E-state index is 0.00595. The Morgan fingerprint density at radius 1 is 1.16 bits per heavy atom. The van der Waals surface area contributed by atoms with Crippen LogP contribution in [0.1, 0.15) is 11.3 Å². The van der Waals surface area contributed by atoms with Crippen molar-refractivity contribution in [3.63, 3.8) is 0 Å². The Morgan fingerprint density at radius 3 is 2.65 bits per heavy atom. The Kier molecular flexibility index (Phi) is 6.41. The third-order valence-electron chi connectivity index (χ3n) is 4.16. The van der Waals surface area contributed by atoms with E-state index >= 15 is 0 Å². The number of aromatic nitrogens is 2. The number of anilines is 4. The van der Waals surface area contributed by atoms with Gasteiger partial charge in [0.15, 0.2) is 0 Å². The van der Waals surface area contributed by atoms with Crippen molar-refractivity contribution in [2.45, 2.75) is 6.92 Å². The zero-order chi connectivity index (χ0) is 22.4. The number of hydrogen-bond donors (Lipinski definition) is 3. The predicted molar refractivity (Wildman–Crippen MR) is 116 cm³/mol. The maximum absolute atomic E-state index is 11.6. The zero-order valence-electron chi connectivity index (χ0n) is 16.7. The highest BCUT2D eigenvalue weighted by molar-refractivity contribution is 5.85. The Hall–Kier alpha value is -4.47. The van der Waals surface area contributed by atoms with E-state index in [2.05, 4.69) is 20.6 Å². The summed E-state index contributed by atoms with van der Waals surface area (Å²) in [6, 6.07) is 13.9. The quantitative estimate of drug-likeness (QED) is 0.276. The summed E-state index contributed by atoms with van der Waals surface area (Å²) in [5.41, 5.74) is 1.66. The monoisotopic (exact) mass is 421 g/mol. The molecule has 0 spiro atoms. The standard InChI is InChI=1S/C21H19N5O5/c1-13-19(26(29)30)20(24-16-8-3-4-9-17(16)31-2)25-21(22-13)23-15-7-5-6-14(12-15)10-11-18(27)28/h3-12H,1-2H3,(H,27,28)(H2,22,23,24,25). The van der Waals surface area contributed by atoms with Crippen molar-refractivity contribution >= 4 is 40.9 Å². The van der Waals surface area contributed by atoms with Crippen molar-refractivity contribution in [1.29, 1.82) is 0 Å². The summed E-state index contributed by atoms with van der Waals surface area (Å²) in [6.45, 7) is 1.52. The third-order valence-corrected chi connectivity index (χ3v) is 4.16. The van der Waals surface area contributed by atoms with Crippen LogP contribution in [-0.2, 0) is 4.79 Å². The average molecular weight is 421 g/mol. The second-order valence-corrected chi connectivity index (χ2v) is 6.33. The normalized spacial score (nSPS) is 10.6. The summed E-state index contributed by atoms with van der Waals surface area (Å²) in [7, 11) is 1.50. The number of nitrogens with zero attached hydrogens (tertiary/aromatic N) is 3. The highest BCUT2D eigenvalue weighted by Gasteiger charge is 2.23. The van der Waals surface area contributed by atoms with Gasteiger partial charge in [-0.15, -0.1) is 0 Å². The zero-order valence-corrected chi connectivity index (χ0v) is 16.7. The first kappa shape index (κ1) is 21.2. The predicted octanol–water partition coefficient (Wildman–Crippen LogP) is 4.29. The average Bonchev–Trinajstić information content (AvgIpc) is 2.72. The molecule has 0 radical (unpaired) electrons. The lowest BCUT2D eigenvalue weighted by Gasteiger charge is -2.13. The number of para-hydroxylation sites is 2. The van der Waals surface area contributed by atoms with Crippen molar-refractivity contribution < 1.29 is 19.6 Å². The number of hydrogen-bond acceptors (Lipinski definition) is 8. The molecule has 0 saturated heterocycles. The van der Waals surface area contributed by atoms with Crippen molar-refractivity contribution in [2.75, 3.05) is 17.7 Å². The number of ether oxygens (including phenoxy) is 1. The van der Waals surface area contributed by atoms with Gasteiger partial charge in [-0.2, -0.15) is 4.98 Å². The molecule has 0 aliphatic rings. The lowest BCUT2D eigenvalue weighted by molar-refractivity contribution is -0.385. The number of carboxylic acid groups (broad SMARTS) is 1. The fourth-order valence-electron chi connectivity index (χ4n) is 2.82. The molecule has 3 N–H and O–H groups in total. The Bertz CT molecular complexity index is 1160. The molecule has 1 aromatic heterocycles. The maximum Gasteiger partial charge on any atom is 0.332 e. The first-order valence-electron chi connectivity index (χ1n) is 9.08. The smallest absolute Gasteiger partial charge is 0.332 e. The number of carbonyl (C=O) groups is 1. The summed E-state index contributed by atoms with van der Waals surface area (Å²) >= 11 is 0. The highest BCUT2D eigenvalue weighted by Crippen LogP contribution is 2.33. The minimum Gasteiger partial charge on any atom is -0.495 e. The second kappa shape index (κ2) is 9.35. The molecule has 0 aliphatic heterocycles. The van der Waals surface area contributed by atoms with E-state index in [1.165, 1.54) is 20.1 Å². The molecule has 10 heteroatoms. The number of nitro groups is 1. The molecule has 2 aromatic carbocycles. The van der Waals surface area contributed by atoms with Gasteiger partial charge in [0.05, 0.1) is 17.7 Å². The largest absolute Gasteiger partial charge is 0.495 e. The molecule has 158 valence electrons. The van der Waals surface area contributed by atoms with Crippen LogP contribution in [-0.4, -0.2) is 33.1 Å². The first-order chi connectivity index (χ1) is 14.9. The number of aliphatic carboxylic acids is 1. The number of rotatable bonds is 8. The van der Waals surface area contributed by atoms with E-state index < -0.39 is 10.9 Å². The van der Waals surface area contributed by atoms with Gasteiger partial charge in [-0.1, -0.05) is 24.3 Å². The third kappa shape index (κ3) is 5.32. The van der Waals surface area contributed by atoms with Gasteiger partial charge in [0.2, 0.25) is 11.8 Å². The number of benzene rings is 2. The van der Waals surface area contributed by atoms with Crippen molar-refractivity contribution in [3.05, 3.63) is 76.0 Å². The van der Waals surface area contributed by atoms with Gasteiger partial charge in [0.25, 0.3) is 0 Å². The fraction of sp³-hybridized carbons (Fsp3) is 0.0952. The summed E-state index contributed by atoms with van der Waals surface area (Å²) in [6.07, 6.45) is 2.48. The highest BCUT2D eigenvalue weighted by atomic mass is 16.6. The van der Waals surface area contributed by atoms with Gasteiger partial charge >= 0.3 is 11.7 Å². The molecular weight excluding hydrogens is 402 g/mol. The van der Waals surface area contributed by atoms with Crippen molar-refractivity contribution in [3.8, 4) is 5.75 Å². The molecule has 0 saturated carbocycles. The lowest BCUT2D eigenvalue weighted by atomic mass is 10.2. The Labute approximate surface area is 177 Å². The summed E-state index contributed by atoms with van der Waals surface area (Å²) in [5, 5.41) is 26.3. The van der Waals surface area contributed by atoms with E-state index in [1.54, 1.807) is 48.5 Å². The van der Waals surface area contributed by atoms with E-state index in [1.807, 2.05) is 0 Å². The molecule has 3 aromatic rings. The van der Waals surface area contributed by atoms with E-state index in [0.29, 0.717) is 22.7 Å². The van der Waals surface area contributed by atoms with Crippen LogP contribution in [0, 0.1) is 17.0 Å². The van der Waals surface area contributed by atoms with Crippen LogP contribution in [0.4, 0.5) is 28.8 Å². The molecule has 0 aliphatic carbocycles. The SMILES string of the molecule is COc1ccccc1Nc1nc(Nc2cccc(C=CC(=O)O)c2)nc(C)c1[N+](=O)[O-]. The minimum atomic E-state index is -1.06. The van der Waals surface area contributed by atoms with Crippen LogP contribution in [0.3, 0.4) is 0 Å². The number of methoxy groups -OCH3 is 1. The van der Waals surface area contributed by atoms with Gasteiger partial charge in [-0.3, -0.25) is 10.1 Å². The molecule has 0 bridgehead atoms. The Morgan fingerprint density at radius 2 is 1.94 bits per heavy atom. The molecule has 1 heterocycles. The van der Waals surface area contributed by atoms with E-state index in [-0.39, 0.29) is 23.1 Å². The molecular formula is C21H19N5O5. The fourth-order valence-corrected chi connectivity index (χ4v) is 2.82. The van der Waals surface area contributed by atoms with Crippen LogP contribution in [0.25, 0.3) is 6.08 Å². The van der Waals surface area contributed by atoms with Crippen LogP contribution in [0.2, 0.25) is 0 Å². The van der Waals surface area contributed by atoms with E-state index in [4.69, 9.17) is 9.84 Å². The summed E-state index contributed by atoms with van der Waals surface area (Å²) < 4.78 is 5.29. The van der Waals surface area contributed by atoms with E-state index in [0.717, 1.165) is 6.08 Å². The van der Waals surface area contributed by atoms with Gasteiger partial charge in [-0.25, -0.2) is 9.78 Å². The van der Waals surface area contributed by atoms with Gasteiger partial charge in [0, 0.05) is 11.8 Å². The Balaban J connectivity index is 1.97. The molecule has 0 amide bonds. The van der Waals surface area contributed by atoms with Crippen molar-refractivity contribution in [2.24, 2.45) is 0 Å². The summed E-state index contributed by atoms with van der Waals surface area (Å²) in [5.74, 6) is -0.411. The lowest BCUT2D eigenvalue weighted by Crippen LogP contribution is -2.07. The van der Waals surface area contributed by atoms with Crippen LogP contribution in [0.5, 0.6) is 5.75 Å². The second-order valence-electron chi connectivity index (χ2n) is 6.33. The molecule has 3 rings (SSSR count). The first-order valence-corrected chi connectivity index (χ1v) is 9.08. The van der Waals surface area contributed by atoms with Gasteiger partial charge in [0.1, 0.15) is 11.4 Å². The van der Waals surface area contributed by atoms with Gasteiger partial charge in [-0.05, 0) is 42.8 Å². The molecule has 31 heavy (non-hydrogen) atoms. The van der Waals surface area contributed by atoms with Crippen LogP contribution < -0.4 is 15.4 Å². The van der Waals surface area contributed by atoms with Crippen LogP contribution >= 0.6 is 0 Å². The molecule has 0 atom stereocenters. The molecule has 0 unspecified atom stereocenters. The molecule has 10 nitrogen and oxygen atoms in total. The van der Waals surface area contributed by atoms with E-state index in [9.17, 15) is 14.9 Å². The van der Waals surface area contributed by atoms with Crippen molar-refractivity contribution in [1.82, 2.24) is 9.97 Å². The maximum atomic E-state index is 11.6. The molecule has 0 fully saturated rings. The number of carboxylic acids is 1. The number of aryl methyl sites for hydroxylation is 1. The topological polar surface area (TPSA) is 140 Å². The number of nitrogens with one attached hydrogen (secondary N) is 2. The van der Waals surface area contributed by atoms with Gasteiger partial charge < -0.3 is 20.5 Å².